The lowest BCUT2D eigenvalue weighted by Gasteiger charge is -2.36. The average molecular weight is 375 g/mol. The van der Waals surface area contributed by atoms with Crippen LogP contribution >= 0.6 is 11.6 Å². The number of phenols is 1. The van der Waals surface area contributed by atoms with E-state index in [4.69, 9.17) is 11.6 Å². The van der Waals surface area contributed by atoms with Crippen LogP contribution in [-0.4, -0.2) is 48.6 Å². The van der Waals surface area contributed by atoms with Crippen molar-refractivity contribution in [2.24, 2.45) is 0 Å². The van der Waals surface area contributed by atoms with Crippen molar-refractivity contribution >= 4 is 23.2 Å². The fourth-order valence-corrected chi connectivity index (χ4v) is 3.56. The van der Waals surface area contributed by atoms with Gasteiger partial charge in [0.25, 0.3) is 5.91 Å². The SMILES string of the molecule is C[C@@H]([NH2+]CC(=O)N1CCN(c2ccc(O)cc2)CC1)c1ccccc1Cl. The van der Waals surface area contributed by atoms with Gasteiger partial charge < -0.3 is 20.2 Å². The molecule has 3 rings (SSSR count). The van der Waals surface area contributed by atoms with Crippen LogP contribution in [0.1, 0.15) is 18.5 Å². The second-order valence-corrected chi connectivity index (χ2v) is 7.04. The summed E-state index contributed by atoms with van der Waals surface area (Å²) in [5.74, 6) is 0.431. The molecule has 0 unspecified atom stereocenters. The third kappa shape index (κ3) is 4.48. The molecule has 1 atom stereocenters. The highest BCUT2D eigenvalue weighted by Gasteiger charge is 2.23. The Balaban J connectivity index is 1.48. The largest absolute Gasteiger partial charge is 0.508 e. The molecule has 6 heteroatoms. The van der Waals surface area contributed by atoms with Crippen LogP contribution in [0.4, 0.5) is 5.69 Å². The summed E-state index contributed by atoms with van der Waals surface area (Å²) in [4.78, 5) is 16.7. The molecule has 0 aliphatic carbocycles. The predicted octanol–water partition coefficient (Wildman–Crippen LogP) is 2.02. The molecular formula is C20H25ClN3O2+. The maximum Gasteiger partial charge on any atom is 0.277 e. The molecular weight excluding hydrogens is 350 g/mol. The van der Waals surface area contributed by atoms with Crippen molar-refractivity contribution in [3.63, 3.8) is 0 Å². The van der Waals surface area contributed by atoms with Gasteiger partial charge in [-0.3, -0.25) is 4.79 Å². The highest BCUT2D eigenvalue weighted by Crippen LogP contribution is 2.20. The molecule has 0 saturated carbocycles. The summed E-state index contributed by atoms with van der Waals surface area (Å²) in [5.41, 5.74) is 2.13. The van der Waals surface area contributed by atoms with Crippen molar-refractivity contribution in [3.05, 3.63) is 59.1 Å². The first-order chi connectivity index (χ1) is 12.5. The number of amides is 1. The Hall–Kier alpha value is -2.24. The van der Waals surface area contributed by atoms with Crippen LogP contribution in [0, 0.1) is 0 Å². The number of anilines is 1. The lowest BCUT2D eigenvalue weighted by molar-refractivity contribution is -0.683. The Bertz CT molecular complexity index is 743. The van der Waals surface area contributed by atoms with Crippen LogP contribution in [0.3, 0.4) is 0 Å². The van der Waals surface area contributed by atoms with Crippen molar-refractivity contribution < 1.29 is 15.2 Å². The summed E-state index contributed by atoms with van der Waals surface area (Å²) in [5, 5.41) is 12.2. The Morgan fingerprint density at radius 2 is 1.77 bits per heavy atom. The Kier molecular flexibility index (Phi) is 6.01. The molecule has 138 valence electrons. The molecule has 2 aromatic carbocycles. The zero-order chi connectivity index (χ0) is 18.5. The number of benzene rings is 2. The number of carbonyl (C=O) groups excluding carboxylic acids is 1. The summed E-state index contributed by atoms with van der Waals surface area (Å²) >= 11 is 6.23. The third-order valence-electron chi connectivity index (χ3n) is 4.89. The number of nitrogens with two attached hydrogens (primary N) is 1. The zero-order valence-electron chi connectivity index (χ0n) is 14.9. The lowest BCUT2D eigenvalue weighted by Crippen LogP contribution is -2.87. The highest BCUT2D eigenvalue weighted by atomic mass is 35.5. The number of phenolic OH excluding ortho intramolecular Hbond substituents is 1. The van der Waals surface area contributed by atoms with Gasteiger partial charge in [0.2, 0.25) is 0 Å². The summed E-state index contributed by atoms with van der Waals surface area (Å²) in [6.07, 6.45) is 0. The van der Waals surface area contributed by atoms with E-state index in [0.29, 0.717) is 19.6 Å². The minimum absolute atomic E-state index is 0.144. The minimum atomic E-state index is 0.144. The molecule has 3 N–H and O–H groups in total. The first-order valence-electron chi connectivity index (χ1n) is 8.94. The van der Waals surface area contributed by atoms with Gasteiger partial charge in [-0.2, -0.15) is 0 Å². The van der Waals surface area contributed by atoms with Gasteiger partial charge in [0.15, 0.2) is 6.54 Å². The second-order valence-electron chi connectivity index (χ2n) is 6.63. The highest BCUT2D eigenvalue weighted by molar-refractivity contribution is 6.31. The fraction of sp³-hybridized carbons (Fsp3) is 0.350. The number of halogens is 1. The third-order valence-corrected chi connectivity index (χ3v) is 5.23. The molecule has 0 aromatic heterocycles. The van der Waals surface area contributed by atoms with E-state index in [-0.39, 0.29) is 17.7 Å². The molecule has 0 spiro atoms. The van der Waals surface area contributed by atoms with Crippen molar-refractivity contribution in [1.29, 1.82) is 0 Å². The molecule has 0 radical (unpaired) electrons. The fourth-order valence-electron chi connectivity index (χ4n) is 3.26. The maximum atomic E-state index is 12.5. The molecule has 26 heavy (non-hydrogen) atoms. The number of nitrogens with zero attached hydrogens (tertiary/aromatic N) is 2. The van der Waals surface area contributed by atoms with Crippen LogP contribution in [-0.2, 0) is 4.79 Å². The van der Waals surface area contributed by atoms with Crippen LogP contribution in [0.25, 0.3) is 0 Å². The van der Waals surface area contributed by atoms with Gasteiger partial charge >= 0.3 is 0 Å². The van der Waals surface area contributed by atoms with Crippen molar-refractivity contribution in [1.82, 2.24) is 4.90 Å². The van der Waals surface area contributed by atoms with Gasteiger partial charge in [-0.1, -0.05) is 29.8 Å². The normalized spacial score (nSPS) is 15.8. The van der Waals surface area contributed by atoms with E-state index in [1.165, 1.54) is 0 Å². The Labute approximate surface area is 159 Å². The summed E-state index contributed by atoms with van der Waals surface area (Å²) < 4.78 is 0. The number of hydrogen-bond acceptors (Lipinski definition) is 3. The van der Waals surface area contributed by atoms with E-state index >= 15 is 0 Å². The molecule has 1 saturated heterocycles. The van der Waals surface area contributed by atoms with Crippen molar-refractivity contribution in [3.8, 4) is 5.75 Å². The number of quaternary nitrogens is 1. The Morgan fingerprint density at radius 3 is 2.42 bits per heavy atom. The van der Waals surface area contributed by atoms with Crippen molar-refractivity contribution in [2.75, 3.05) is 37.6 Å². The van der Waals surface area contributed by atoms with Crippen molar-refractivity contribution in [2.45, 2.75) is 13.0 Å². The summed E-state index contributed by atoms with van der Waals surface area (Å²) in [7, 11) is 0. The zero-order valence-corrected chi connectivity index (χ0v) is 15.7. The number of piperazine rings is 1. The molecule has 1 aliphatic heterocycles. The minimum Gasteiger partial charge on any atom is -0.508 e. The van der Waals surface area contributed by atoms with Gasteiger partial charge in [0.05, 0.1) is 0 Å². The smallest absolute Gasteiger partial charge is 0.277 e. The lowest BCUT2D eigenvalue weighted by atomic mass is 10.1. The number of carbonyl (C=O) groups is 1. The van der Waals surface area contributed by atoms with Gasteiger partial charge in [-0.25, -0.2) is 0 Å². The van der Waals surface area contributed by atoms with Gasteiger partial charge in [-0.05, 0) is 37.3 Å². The topological polar surface area (TPSA) is 60.4 Å². The van der Waals surface area contributed by atoms with E-state index in [1.807, 2.05) is 46.6 Å². The van der Waals surface area contributed by atoms with Crippen LogP contribution < -0.4 is 10.2 Å². The summed E-state index contributed by atoms with van der Waals surface area (Å²) in [6, 6.07) is 15.1. The molecule has 0 bridgehead atoms. The van der Waals surface area contributed by atoms with E-state index in [0.717, 1.165) is 29.4 Å². The van der Waals surface area contributed by atoms with Gasteiger partial charge in [0, 0.05) is 42.5 Å². The average Bonchev–Trinajstić information content (AvgIpc) is 2.67. The molecule has 1 amide bonds. The van der Waals surface area contributed by atoms with E-state index < -0.39 is 0 Å². The number of aromatic hydroxyl groups is 1. The van der Waals surface area contributed by atoms with E-state index in [2.05, 4.69) is 11.8 Å². The molecule has 1 heterocycles. The monoisotopic (exact) mass is 374 g/mol. The molecule has 5 nitrogen and oxygen atoms in total. The number of hydrogen-bond donors (Lipinski definition) is 2. The molecule has 2 aromatic rings. The molecule has 1 fully saturated rings. The van der Waals surface area contributed by atoms with Gasteiger partial charge in [-0.15, -0.1) is 0 Å². The summed E-state index contributed by atoms with van der Waals surface area (Å²) in [6.45, 7) is 5.53. The van der Waals surface area contributed by atoms with E-state index in [1.54, 1.807) is 12.1 Å². The standard InChI is InChI=1S/C20H24ClN3O2/c1-15(18-4-2-3-5-19(18)21)22-14-20(26)24-12-10-23(11-13-24)16-6-8-17(25)9-7-16/h2-9,15,22,25H,10-14H2,1H3/p+1/t15-/m1/s1. The predicted molar refractivity (Wildman–Crippen MR) is 104 cm³/mol. The first-order valence-corrected chi connectivity index (χ1v) is 9.32. The van der Waals surface area contributed by atoms with E-state index in [9.17, 15) is 9.90 Å². The first kappa shape index (κ1) is 18.5. The second kappa shape index (κ2) is 8.43. The quantitative estimate of drug-likeness (QED) is 0.841. The van der Waals surface area contributed by atoms with Gasteiger partial charge in [0.1, 0.15) is 11.8 Å². The maximum absolute atomic E-state index is 12.5. The van der Waals surface area contributed by atoms with Crippen LogP contribution in [0.15, 0.2) is 48.5 Å². The molecule has 1 aliphatic rings. The number of rotatable bonds is 5. The Morgan fingerprint density at radius 1 is 1.12 bits per heavy atom. The van der Waals surface area contributed by atoms with Crippen LogP contribution in [0.2, 0.25) is 5.02 Å². The van der Waals surface area contributed by atoms with Crippen LogP contribution in [0.5, 0.6) is 5.75 Å².